The van der Waals surface area contributed by atoms with Crippen molar-refractivity contribution in [2.45, 2.75) is 78.9 Å². The van der Waals surface area contributed by atoms with Crippen LogP contribution in [-0.2, 0) is 35.2 Å². The zero-order chi connectivity index (χ0) is 31.3. The van der Waals surface area contributed by atoms with E-state index in [0.29, 0.717) is 0 Å². The topological polar surface area (TPSA) is 353 Å². The van der Waals surface area contributed by atoms with Gasteiger partial charge in [0.25, 0.3) is 0 Å². The molecule has 0 radical (unpaired) electrons. The molecule has 0 unspecified atom stereocenters. The van der Waals surface area contributed by atoms with E-state index >= 15 is 0 Å². The second-order valence-electron chi connectivity index (χ2n) is 7.83. The number of carboxylic acids is 3. The van der Waals surface area contributed by atoms with Crippen LogP contribution in [0, 0.1) is 17.8 Å². The van der Waals surface area contributed by atoms with Crippen LogP contribution in [0.5, 0.6) is 0 Å². The van der Waals surface area contributed by atoms with E-state index in [2.05, 4.69) is 17.2 Å². The Balaban J connectivity index is -0.000000118. The fraction of sp³-hybridized carbons (Fsp3) is 0.833. The molecule has 0 saturated carbocycles. The van der Waals surface area contributed by atoms with E-state index in [9.17, 15) is 14.4 Å². The molecule has 13 N–H and O–H groups in total. The molecule has 0 saturated heterocycles. The summed E-state index contributed by atoms with van der Waals surface area (Å²) >= 11 is 0. The van der Waals surface area contributed by atoms with E-state index in [1.807, 2.05) is 41.5 Å². The van der Waals surface area contributed by atoms with Crippen molar-refractivity contribution in [1.82, 2.24) is 0 Å². The van der Waals surface area contributed by atoms with Gasteiger partial charge in [-0.15, -0.1) is 0 Å². The molecule has 0 aliphatic rings. The fourth-order valence-corrected chi connectivity index (χ4v) is 1.58. The lowest BCUT2D eigenvalue weighted by Gasteiger charge is -2.08. The first-order chi connectivity index (χ1) is 16.3. The second-order valence-corrected chi connectivity index (χ2v) is 9.50. The van der Waals surface area contributed by atoms with Crippen LogP contribution in [0.3, 0.4) is 0 Å². The van der Waals surface area contributed by atoms with Crippen LogP contribution in [0.4, 0.5) is 0 Å². The summed E-state index contributed by atoms with van der Waals surface area (Å²) in [7, 11) is -10.1. The highest BCUT2D eigenvalue weighted by atomic mass is 32.3. The molecule has 0 aromatic rings. The van der Waals surface area contributed by atoms with Gasteiger partial charge in [0.05, 0.1) is 0 Å². The second kappa shape index (κ2) is 23.2. The summed E-state index contributed by atoms with van der Waals surface area (Å²) < 4.78 is 66.9. The summed E-state index contributed by atoms with van der Waals surface area (Å²) in [4.78, 5) is 30.7. The third-order valence-electron chi connectivity index (χ3n) is 4.94. The van der Waals surface area contributed by atoms with Crippen LogP contribution in [0.25, 0.3) is 0 Å². The molecule has 226 valence electrons. The molecular weight excluding hydrogens is 546 g/mol. The Kier molecular flexibility index (Phi) is 28.2. The number of carbonyl (C=O) groups is 3. The first-order valence-corrected chi connectivity index (χ1v) is 13.5. The van der Waals surface area contributed by atoms with E-state index in [4.69, 9.17) is 50.4 Å². The van der Waals surface area contributed by atoms with E-state index in [0.717, 1.165) is 19.3 Å². The molecule has 0 amide bonds. The van der Waals surface area contributed by atoms with Gasteiger partial charge in [0, 0.05) is 28.2 Å². The molecule has 17 nitrogen and oxygen atoms in total. The molecule has 0 bridgehead atoms. The third-order valence-corrected chi connectivity index (χ3v) is 4.94. The van der Waals surface area contributed by atoms with Crippen molar-refractivity contribution >= 4 is 38.7 Å². The predicted molar refractivity (Wildman–Crippen MR) is 124 cm³/mol. The summed E-state index contributed by atoms with van der Waals surface area (Å²) in [5.41, 5.74) is 10.5. The Morgan fingerprint density at radius 3 is 0.757 bits per heavy atom. The first-order valence-electron chi connectivity index (χ1n) is 10.8. The van der Waals surface area contributed by atoms with Crippen molar-refractivity contribution in [3.63, 3.8) is 0 Å². The Labute approximate surface area is 217 Å². The Morgan fingerprint density at radius 1 is 0.622 bits per heavy atom. The van der Waals surface area contributed by atoms with Crippen LogP contribution < -0.4 is 17.2 Å². The number of hydrogen-bond donors (Lipinski definition) is 7. The highest BCUT2D eigenvalue weighted by Gasteiger charge is 2.22. The first kappa shape index (κ1) is 45.0. The van der Waals surface area contributed by atoms with Gasteiger partial charge in [0.1, 0.15) is 0 Å². The van der Waals surface area contributed by atoms with Gasteiger partial charge in [-0.2, -0.15) is 0 Å². The summed E-state index contributed by atoms with van der Waals surface area (Å²) in [6.45, 7) is 11.6. The Morgan fingerprint density at radius 2 is 0.730 bits per heavy atom. The van der Waals surface area contributed by atoms with Crippen LogP contribution in [-0.4, -0.2) is 86.4 Å². The lowest BCUT2D eigenvalue weighted by Crippen LogP contribution is -2.67. The number of quaternary nitrogens is 3. The standard InChI is InChI=1S/3C6H13NO2.2H2O4S/c3*1-3-4(2)5(7)6(8)9;2*1-5(2,3)4/h3*4-5H,3,7H2,1-2H3,(H,8,9);2*(H2,1,2,3,4)/t3*4-,5-;;/m000../s1. The zero-order valence-electron chi connectivity index (χ0n) is 21.9. The number of carboxylic acid groups (broad SMARTS) is 3. The van der Waals surface area contributed by atoms with Gasteiger partial charge in [-0.1, -0.05) is 41.5 Å². The molecule has 0 aliphatic heterocycles. The van der Waals surface area contributed by atoms with Gasteiger partial charge in [0.15, 0.2) is 18.1 Å². The number of rotatable bonds is 9. The minimum Gasteiger partial charge on any atom is -0.759 e. The molecule has 37 heavy (non-hydrogen) atoms. The molecule has 0 spiro atoms. The third kappa shape index (κ3) is 44.4. The largest absolute Gasteiger partial charge is 0.759 e. The van der Waals surface area contributed by atoms with Crippen molar-refractivity contribution in [1.29, 1.82) is 0 Å². The van der Waals surface area contributed by atoms with Crippen molar-refractivity contribution < 1.29 is 82.0 Å². The predicted octanol–water partition coefficient (Wildman–Crippen LogP) is -3.15. The fourth-order valence-electron chi connectivity index (χ4n) is 1.58. The van der Waals surface area contributed by atoms with E-state index in [1.54, 1.807) is 0 Å². The van der Waals surface area contributed by atoms with Gasteiger partial charge in [-0.05, 0) is 19.3 Å². The van der Waals surface area contributed by atoms with Crippen LogP contribution in [0.15, 0.2) is 0 Å². The lowest BCUT2D eigenvalue weighted by atomic mass is 10.0. The van der Waals surface area contributed by atoms with E-state index < -0.39 is 56.8 Å². The van der Waals surface area contributed by atoms with Gasteiger partial charge >= 0.3 is 17.9 Å². The smallest absolute Gasteiger partial charge is 0.362 e. The highest BCUT2D eigenvalue weighted by Crippen LogP contribution is 2.04. The molecule has 0 fully saturated rings. The Bertz CT molecular complexity index is 729. The van der Waals surface area contributed by atoms with Gasteiger partial charge < -0.3 is 46.2 Å². The minimum absolute atomic E-state index is 0.183. The zero-order valence-corrected chi connectivity index (χ0v) is 23.5. The van der Waals surface area contributed by atoms with Gasteiger partial charge in [0.2, 0.25) is 10.4 Å². The highest BCUT2D eigenvalue weighted by molar-refractivity contribution is 7.80. The monoisotopic (exact) mass is 589 g/mol. The van der Waals surface area contributed by atoms with Gasteiger partial charge in [-0.25, -0.2) is 22.8 Å². The molecular formula is C18H43N3O14S2. The molecule has 0 aliphatic carbocycles. The minimum atomic E-state index is -5.17. The average molecular weight is 590 g/mol. The molecule has 0 rings (SSSR count). The SMILES string of the molecule is CC[C@H](C)[C@H]([NH3+])C(=O)O.CC[C@H](C)[C@H]([NH3+])C(=O)O.CC[C@H](C)[C@H]([NH3+])C(=O)O.O=S(=O)([O-])O.O=S(=O)([O-])[O-]. The summed E-state index contributed by atoms with van der Waals surface area (Å²) in [6, 6.07) is -1.35. The number of aliphatic carboxylic acids is 3. The maximum atomic E-state index is 10.2. The number of hydrogen-bond acceptors (Lipinski definition) is 10. The normalized spacial score (nSPS) is 15.4. The van der Waals surface area contributed by atoms with E-state index in [-0.39, 0.29) is 17.8 Å². The van der Waals surface area contributed by atoms with Crippen molar-refractivity contribution in [3.05, 3.63) is 0 Å². The summed E-state index contributed by atoms with van der Waals surface area (Å²) in [5.74, 6) is -1.86. The maximum absolute atomic E-state index is 10.2. The lowest BCUT2D eigenvalue weighted by molar-refractivity contribution is -0.419. The molecule has 0 heterocycles. The van der Waals surface area contributed by atoms with Crippen LogP contribution >= 0.6 is 0 Å². The van der Waals surface area contributed by atoms with Crippen molar-refractivity contribution in [2.24, 2.45) is 17.8 Å². The molecule has 19 heteroatoms. The average Bonchev–Trinajstić information content (AvgIpc) is 2.73. The maximum Gasteiger partial charge on any atom is 0.362 e. The van der Waals surface area contributed by atoms with Crippen molar-refractivity contribution in [3.8, 4) is 0 Å². The van der Waals surface area contributed by atoms with Crippen molar-refractivity contribution in [2.75, 3.05) is 0 Å². The summed E-state index contributed by atoms with van der Waals surface area (Å²) in [6.07, 6.45) is 2.63. The quantitative estimate of drug-likeness (QED) is 0.103. The van der Waals surface area contributed by atoms with Crippen LogP contribution in [0.1, 0.15) is 60.8 Å². The van der Waals surface area contributed by atoms with Gasteiger partial charge in [-0.3, -0.25) is 13.0 Å². The molecule has 6 atom stereocenters. The summed E-state index contributed by atoms with van der Waals surface area (Å²) in [5, 5.41) is 25.3. The van der Waals surface area contributed by atoms with E-state index in [1.165, 1.54) is 0 Å². The molecule has 0 aromatic carbocycles. The Hall–Kier alpha value is -1.97. The van der Waals surface area contributed by atoms with Crippen LogP contribution in [0.2, 0.25) is 0 Å². The molecule has 0 aromatic heterocycles.